The molecule has 2 amide bonds. The van der Waals surface area contributed by atoms with Crippen LogP contribution in [0.1, 0.15) is 33.6 Å². The Morgan fingerprint density at radius 2 is 1.17 bits per heavy atom. The van der Waals surface area contributed by atoms with Crippen molar-refractivity contribution in [2.45, 2.75) is 12.8 Å². The van der Waals surface area contributed by atoms with Gasteiger partial charge in [0.25, 0.3) is 22.8 Å². The molecule has 5 aromatic rings. The summed E-state index contributed by atoms with van der Waals surface area (Å²) in [5, 5.41) is 30.3. The van der Waals surface area contributed by atoms with Gasteiger partial charge in [0.05, 0.1) is 33.3 Å². The highest BCUT2D eigenvalue weighted by Gasteiger charge is 2.34. The Hall–Kier alpha value is -4.64. The molecular weight excluding hydrogens is 627 g/mol. The zero-order valence-electron chi connectivity index (χ0n) is 25.0. The van der Waals surface area contributed by atoms with E-state index in [-0.39, 0.29) is 11.8 Å². The van der Waals surface area contributed by atoms with Gasteiger partial charge in [-0.05, 0) is 55.8 Å². The van der Waals surface area contributed by atoms with Gasteiger partial charge in [-0.3, -0.25) is 29.8 Å². The third kappa shape index (κ3) is 6.64. The van der Waals surface area contributed by atoms with Gasteiger partial charge in [0, 0.05) is 76.5 Å². The molecule has 2 aromatic heterocycles. The van der Waals surface area contributed by atoms with Crippen LogP contribution in [0.5, 0.6) is 0 Å². The van der Waals surface area contributed by atoms with E-state index in [2.05, 4.69) is 15.5 Å². The highest BCUT2D eigenvalue weighted by Crippen LogP contribution is 2.25. The molecule has 6 rings (SSSR count). The molecule has 0 fully saturated rings. The number of nitrogens with zero attached hydrogens (tertiary/aromatic N) is 4. The largest absolute Gasteiger partial charge is 0.383 e. The fourth-order valence-electron chi connectivity index (χ4n) is 5.86. The molecule has 0 bridgehead atoms. The lowest BCUT2D eigenvalue weighted by Gasteiger charge is -2.24. The molecule has 46 heavy (non-hydrogen) atoms. The van der Waals surface area contributed by atoms with Crippen LogP contribution >= 0.6 is 23.2 Å². The Balaban J connectivity index is 1.09. The zero-order valence-corrected chi connectivity index (χ0v) is 26.5. The van der Waals surface area contributed by atoms with E-state index in [1.165, 1.54) is 4.90 Å². The van der Waals surface area contributed by atoms with Crippen molar-refractivity contribution in [1.29, 1.82) is 0 Å². The number of amides is 2. The summed E-state index contributed by atoms with van der Waals surface area (Å²) in [5.41, 5.74) is 3.91. The van der Waals surface area contributed by atoms with Crippen molar-refractivity contribution < 1.29 is 29.5 Å². The number of hydrogen-bond acceptors (Lipinski definition) is 7. The number of benzene rings is 3. The number of nitrogens with one attached hydrogen (secondary N) is 2. The van der Waals surface area contributed by atoms with Crippen molar-refractivity contribution in [3.8, 4) is 0 Å². The van der Waals surface area contributed by atoms with Gasteiger partial charge in [-0.2, -0.15) is 0 Å². The standard InChI is InChI=1S/C34H32Cl2N6O4/c35-23-7-9-27-29(11-17-41(45)31(27)21-23)37-13-19-39(15-3-4-16-40-33(43)25-5-1-2-6-26(25)34(40)44)20-14-38-30-12-18-42(46)32-22-24(36)8-10-28(30)32/h1-2,5-12,17-18,21-22,45-46H,3-4,13-16,19-20H2/p+2. The smallest absolute Gasteiger partial charge is 0.268 e. The summed E-state index contributed by atoms with van der Waals surface area (Å²) in [6, 6.07) is 21.4. The molecule has 3 heterocycles. The van der Waals surface area contributed by atoms with E-state index in [1.807, 2.05) is 24.3 Å². The van der Waals surface area contributed by atoms with Crippen LogP contribution in [0.2, 0.25) is 10.0 Å². The molecule has 0 radical (unpaired) electrons. The predicted molar refractivity (Wildman–Crippen MR) is 177 cm³/mol. The quantitative estimate of drug-likeness (QED) is 0.0590. The fraction of sp³-hybridized carbons (Fsp3) is 0.235. The Bertz CT molecular complexity index is 1810. The lowest BCUT2D eigenvalue weighted by atomic mass is 10.1. The molecule has 0 atom stereocenters. The van der Waals surface area contributed by atoms with Crippen LogP contribution in [0.4, 0.5) is 11.4 Å². The van der Waals surface area contributed by atoms with E-state index in [0.29, 0.717) is 58.3 Å². The van der Waals surface area contributed by atoms with E-state index in [1.54, 1.807) is 60.9 Å². The Labute approximate surface area is 275 Å². The van der Waals surface area contributed by atoms with Gasteiger partial charge in [0.15, 0.2) is 0 Å². The van der Waals surface area contributed by atoms with Crippen LogP contribution in [-0.2, 0) is 0 Å². The minimum atomic E-state index is -0.230. The number of fused-ring (bicyclic) bond motifs is 3. The van der Waals surface area contributed by atoms with Crippen molar-refractivity contribution in [2.75, 3.05) is 49.9 Å². The van der Waals surface area contributed by atoms with Gasteiger partial charge < -0.3 is 10.6 Å². The number of hydrogen-bond donors (Lipinski definition) is 4. The number of anilines is 2. The molecule has 3 aromatic carbocycles. The van der Waals surface area contributed by atoms with Crippen LogP contribution < -0.4 is 20.1 Å². The predicted octanol–water partition coefficient (Wildman–Crippen LogP) is 5.25. The summed E-state index contributed by atoms with van der Waals surface area (Å²) in [5.74, 6) is -0.459. The fourth-order valence-corrected chi connectivity index (χ4v) is 6.20. The summed E-state index contributed by atoms with van der Waals surface area (Å²) in [7, 11) is 0. The molecule has 0 saturated heterocycles. The van der Waals surface area contributed by atoms with E-state index < -0.39 is 0 Å². The Morgan fingerprint density at radius 1 is 0.674 bits per heavy atom. The van der Waals surface area contributed by atoms with Gasteiger partial charge in [-0.15, -0.1) is 0 Å². The Kier molecular flexibility index (Phi) is 9.39. The number of halogens is 2. The molecule has 12 heteroatoms. The summed E-state index contributed by atoms with van der Waals surface area (Å²) in [6.45, 7) is 3.86. The molecule has 0 spiro atoms. The van der Waals surface area contributed by atoms with Crippen molar-refractivity contribution in [2.24, 2.45) is 0 Å². The number of pyridine rings is 2. The van der Waals surface area contributed by atoms with E-state index >= 15 is 0 Å². The van der Waals surface area contributed by atoms with Gasteiger partial charge in [0.2, 0.25) is 12.4 Å². The van der Waals surface area contributed by atoms with Gasteiger partial charge >= 0.3 is 0 Å². The first kappa shape index (κ1) is 31.3. The maximum Gasteiger partial charge on any atom is 0.268 e. The minimum absolute atomic E-state index is 0.230. The van der Waals surface area contributed by atoms with Gasteiger partial charge in [-0.1, -0.05) is 35.3 Å². The van der Waals surface area contributed by atoms with Gasteiger partial charge in [0.1, 0.15) is 0 Å². The highest BCUT2D eigenvalue weighted by atomic mass is 35.5. The molecule has 0 unspecified atom stereocenters. The first-order chi connectivity index (χ1) is 22.3. The van der Waals surface area contributed by atoms with E-state index in [0.717, 1.165) is 57.7 Å². The minimum Gasteiger partial charge on any atom is -0.383 e. The third-order valence-corrected chi connectivity index (χ3v) is 8.70. The molecule has 10 nitrogen and oxygen atoms in total. The average Bonchev–Trinajstić information content (AvgIpc) is 3.30. The van der Waals surface area contributed by atoms with Crippen molar-refractivity contribution >= 4 is 68.2 Å². The average molecular weight is 662 g/mol. The topological polar surface area (TPSA) is 113 Å². The first-order valence-corrected chi connectivity index (χ1v) is 15.9. The molecule has 0 saturated carbocycles. The molecule has 236 valence electrons. The monoisotopic (exact) mass is 660 g/mol. The van der Waals surface area contributed by atoms with Crippen molar-refractivity contribution in [3.63, 3.8) is 0 Å². The lowest BCUT2D eigenvalue weighted by molar-refractivity contribution is -0.884. The number of rotatable bonds is 13. The molecule has 4 N–H and O–H groups in total. The van der Waals surface area contributed by atoms with Crippen molar-refractivity contribution in [1.82, 2.24) is 9.80 Å². The summed E-state index contributed by atoms with van der Waals surface area (Å²) in [4.78, 5) is 29.2. The Morgan fingerprint density at radius 3 is 1.67 bits per heavy atom. The number of carbonyl (C=O) groups excluding carboxylic acids is 2. The molecular formula is C34H34Cl2N6O4+2. The van der Waals surface area contributed by atoms with Crippen molar-refractivity contribution in [3.05, 3.63) is 106 Å². The van der Waals surface area contributed by atoms with Crippen LogP contribution in [0, 0.1) is 0 Å². The SMILES string of the molecule is O=C1c2ccccc2C(=O)N1CCCCN(CCNc1cc[n+](O)c2cc(Cl)ccc12)CCNc1cc[n+](O)c2cc(Cl)ccc12. The maximum atomic E-state index is 12.8. The molecule has 1 aliphatic rings. The summed E-state index contributed by atoms with van der Waals surface area (Å²) < 4.78 is 2.11. The first-order valence-electron chi connectivity index (χ1n) is 15.1. The van der Waals surface area contributed by atoms with E-state index in [4.69, 9.17) is 23.2 Å². The number of aromatic nitrogens is 2. The number of imide groups is 1. The second-order valence-electron chi connectivity index (χ2n) is 11.2. The highest BCUT2D eigenvalue weighted by molar-refractivity contribution is 6.31. The second kappa shape index (κ2) is 13.8. The van der Waals surface area contributed by atoms with Crippen LogP contribution in [0.25, 0.3) is 21.8 Å². The van der Waals surface area contributed by atoms with Crippen LogP contribution in [0.3, 0.4) is 0 Å². The van der Waals surface area contributed by atoms with Gasteiger partial charge in [-0.25, -0.2) is 0 Å². The normalized spacial score (nSPS) is 12.8. The van der Waals surface area contributed by atoms with Crippen LogP contribution in [0.15, 0.2) is 85.2 Å². The number of unbranched alkanes of at least 4 members (excludes halogenated alkanes) is 1. The summed E-state index contributed by atoms with van der Waals surface area (Å²) in [6.07, 6.45) is 4.64. The molecule has 0 aliphatic carbocycles. The van der Waals surface area contributed by atoms with Crippen LogP contribution in [-0.4, -0.2) is 71.3 Å². The molecule has 1 aliphatic heterocycles. The third-order valence-electron chi connectivity index (χ3n) is 8.23. The maximum absolute atomic E-state index is 12.8. The summed E-state index contributed by atoms with van der Waals surface area (Å²) >= 11 is 12.3. The zero-order chi connectivity index (χ0) is 32.2. The second-order valence-corrected chi connectivity index (χ2v) is 12.1. The number of carbonyl (C=O) groups is 2. The lowest BCUT2D eigenvalue weighted by Crippen LogP contribution is -2.35. The van der Waals surface area contributed by atoms with E-state index in [9.17, 15) is 20.0 Å².